The number of tetrazole rings is 1. The van der Waals surface area contributed by atoms with Gasteiger partial charge in [-0.05, 0) is 53.7 Å². The Morgan fingerprint density at radius 3 is 2.43 bits per heavy atom. The fourth-order valence-corrected chi connectivity index (χ4v) is 3.44. The minimum atomic E-state index is 0.00113. The van der Waals surface area contributed by atoms with Crippen molar-refractivity contribution >= 4 is 17.5 Å². The molecular weight excluding hydrogens is 404 g/mol. The van der Waals surface area contributed by atoms with Crippen molar-refractivity contribution in [2.45, 2.75) is 13.5 Å². The lowest BCUT2D eigenvalue weighted by atomic mass is 10.2. The molecule has 1 fully saturated rings. The first-order valence-electron chi connectivity index (χ1n) is 9.81. The van der Waals surface area contributed by atoms with Gasteiger partial charge in [0.05, 0.1) is 12.2 Å². The Morgan fingerprint density at radius 1 is 1.03 bits per heavy atom. The molecule has 2 aromatic carbocycles. The molecule has 1 aliphatic rings. The van der Waals surface area contributed by atoms with E-state index in [-0.39, 0.29) is 12.5 Å². The van der Waals surface area contributed by atoms with Gasteiger partial charge in [-0.1, -0.05) is 29.3 Å². The molecule has 0 radical (unpaired) electrons. The monoisotopic (exact) mass is 426 g/mol. The van der Waals surface area contributed by atoms with Crippen LogP contribution < -0.4 is 4.74 Å². The van der Waals surface area contributed by atoms with Gasteiger partial charge in [0.25, 0.3) is 5.91 Å². The Hall–Kier alpha value is -2.97. The second-order valence-electron chi connectivity index (χ2n) is 7.24. The summed E-state index contributed by atoms with van der Waals surface area (Å²) in [4.78, 5) is 16.5. The molecule has 2 heterocycles. The molecule has 1 saturated heterocycles. The van der Waals surface area contributed by atoms with Crippen molar-refractivity contribution in [3.8, 4) is 11.4 Å². The summed E-state index contributed by atoms with van der Waals surface area (Å²) in [5.41, 5.74) is 2.02. The van der Waals surface area contributed by atoms with Crippen molar-refractivity contribution in [1.29, 1.82) is 0 Å². The number of amides is 1. The number of halogens is 1. The van der Waals surface area contributed by atoms with Gasteiger partial charge < -0.3 is 9.64 Å². The van der Waals surface area contributed by atoms with Gasteiger partial charge in [0, 0.05) is 31.2 Å². The predicted octanol–water partition coefficient (Wildman–Crippen LogP) is 2.35. The number of hydrogen-bond donors (Lipinski definition) is 0. The fourth-order valence-electron chi connectivity index (χ4n) is 3.31. The van der Waals surface area contributed by atoms with Crippen LogP contribution in [0.4, 0.5) is 0 Å². The third kappa shape index (κ3) is 4.95. The highest BCUT2D eigenvalue weighted by atomic mass is 35.5. The minimum absolute atomic E-state index is 0.00113. The zero-order valence-electron chi connectivity index (χ0n) is 16.7. The SMILES string of the molecule is Cc1ccc(OCC(=O)N2CCN(Cc3nnnn3-c3ccc(Cl)cc3)CC2)cc1. The molecule has 0 N–H and O–H groups in total. The Morgan fingerprint density at radius 2 is 1.73 bits per heavy atom. The maximum absolute atomic E-state index is 12.5. The number of piperazine rings is 1. The van der Waals surface area contributed by atoms with Crippen molar-refractivity contribution in [2.24, 2.45) is 0 Å². The van der Waals surface area contributed by atoms with Crippen molar-refractivity contribution < 1.29 is 9.53 Å². The molecule has 0 aliphatic carbocycles. The van der Waals surface area contributed by atoms with E-state index in [0.717, 1.165) is 30.2 Å². The van der Waals surface area contributed by atoms with E-state index in [1.54, 1.807) is 4.68 Å². The summed E-state index contributed by atoms with van der Waals surface area (Å²) in [5.74, 6) is 1.46. The van der Waals surface area contributed by atoms with E-state index in [1.807, 2.05) is 60.4 Å². The summed E-state index contributed by atoms with van der Waals surface area (Å²) in [6.07, 6.45) is 0. The smallest absolute Gasteiger partial charge is 0.260 e. The Kier molecular flexibility index (Phi) is 6.25. The average Bonchev–Trinajstić information content (AvgIpc) is 3.22. The third-order valence-electron chi connectivity index (χ3n) is 5.08. The molecule has 0 bridgehead atoms. The van der Waals surface area contributed by atoms with Gasteiger partial charge in [-0.25, -0.2) is 0 Å². The van der Waals surface area contributed by atoms with E-state index in [9.17, 15) is 4.79 Å². The van der Waals surface area contributed by atoms with Crippen LogP contribution in [0.3, 0.4) is 0 Å². The van der Waals surface area contributed by atoms with Gasteiger partial charge in [0.1, 0.15) is 5.75 Å². The van der Waals surface area contributed by atoms with Crippen LogP contribution in [0.2, 0.25) is 5.02 Å². The summed E-state index contributed by atoms with van der Waals surface area (Å²) in [5, 5.41) is 12.7. The van der Waals surface area contributed by atoms with Gasteiger partial charge in [0.15, 0.2) is 12.4 Å². The largest absolute Gasteiger partial charge is 0.484 e. The number of rotatable bonds is 6. The molecule has 0 atom stereocenters. The van der Waals surface area contributed by atoms with E-state index in [1.165, 1.54) is 0 Å². The van der Waals surface area contributed by atoms with Crippen molar-refractivity contribution in [1.82, 2.24) is 30.0 Å². The van der Waals surface area contributed by atoms with Crippen LogP contribution in [0.1, 0.15) is 11.4 Å². The van der Waals surface area contributed by atoms with Crippen LogP contribution in [0, 0.1) is 6.92 Å². The van der Waals surface area contributed by atoms with Gasteiger partial charge in [-0.2, -0.15) is 4.68 Å². The van der Waals surface area contributed by atoms with Gasteiger partial charge in [0.2, 0.25) is 0 Å². The summed E-state index contributed by atoms with van der Waals surface area (Å²) in [7, 11) is 0. The molecule has 8 nitrogen and oxygen atoms in total. The van der Waals surface area contributed by atoms with Crippen LogP contribution in [0.15, 0.2) is 48.5 Å². The molecule has 0 saturated carbocycles. The Bertz CT molecular complexity index is 981. The summed E-state index contributed by atoms with van der Waals surface area (Å²) in [6.45, 7) is 5.49. The molecule has 30 heavy (non-hydrogen) atoms. The Labute approximate surface area is 180 Å². The Balaban J connectivity index is 1.28. The van der Waals surface area contributed by atoms with Crippen molar-refractivity contribution in [3.63, 3.8) is 0 Å². The standard InChI is InChI=1S/C21H23ClN6O2/c1-16-2-8-19(9-3-16)30-15-21(29)27-12-10-26(11-13-27)14-20-23-24-25-28(20)18-6-4-17(22)5-7-18/h2-9H,10-15H2,1H3. The maximum atomic E-state index is 12.5. The number of benzene rings is 2. The molecule has 1 aliphatic heterocycles. The highest BCUT2D eigenvalue weighted by molar-refractivity contribution is 6.30. The molecule has 4 rings (SSSR count). The van der Waals surface area contributed by atoms with Crippen LogP contribution in [-0.2, 0) is 11.3 Å². The molecule has 1 amide bonds. The predicted molar refractivity (Wildman–Crippen MR) is 113 cm³/mol. The normalized spacial score (nSPS) is 14.7. The van der Waals surface area contributed by atoms with Crippen LogP contribution >= 0.6 is 11.6 Å². The first-order chi connectivity index (χ1) is 14.6. The average molecular weight is 427 g/mol. The summed E-state index contributed by atoms with van der Waals surface area (Å²) >= 11 is 5.96. The summed E-state index contributed by atoms with van der Waals surface area (Å²) < 4.78 is 7.33. The highest BCUT2D eigenvalue weighted by Gasteiger charge is 2.23. The first-order valence-corrected chi connectivity index (χ1v) is 10.2. The number of aromatic nitrogens is 4. The fraction of sp³-hybridized carbons (Fsp3) is 0.333. The molecule has 3 aromatic rings. The number of ether oxygens (including phenoxy) is 1. The maximum Gasteiger partial charge on any atom is 0.260 e. The van der Waals surface area contributed by atoms with E-state index in [2.05, 4.69) is 20.4 Å². The molecule has 9 heteroatoms. The molecule has 1 aromatic heterocycles. The van der Waals surface area contributed by atoms with Crippen LogP contribution in [-0.4, -0.2) is 68.7 Å². The van der Waals surface area contributed by atoms with Crippen LogP contribution in [0.5, 0.6) is 5.75 Å². The number of carbonyl (C=O) groups is 1. The van der Waals surface area contributed by atoms with E-state index in [0.29, 0.717) is 30.4 Å². The zero-order valence-corrected chi connectivity index (χ0v) is 17.5. The highest BCUT2D eigenvalue weighted by Crippen LogP contribution is 2.15. The molecule has 0 spiro atoms. The second kappa shape index (κ2) is 9.23. The lowest BCUT2D eigenvalue weighted by Gasteiger charge is -2.34. The topological polar surface area (TPSA) is 76.4 Å². The lowest BCUT2D eigenvalue weighted by molar-refractivity contribution is -0.135. The number of nitrogens with zero attached hydrogens (tertiary/aromatic N) is 6. The lowest BCUT2D eigenvalue weighted by Crippen LogP contribution is -2.49. The molecule has 156 valence electrons. The van der Waals surface area contributed by atoms with Crippen LogP contribution in [0.25, 0.3) is 5.69 Å². The van der Waals surface area contributed by atoms with Gasteiger partial charge in [-0.3, -0.25) is 9.69 Å². The quantitative estimate of drug-likeness (QED) is 0.602. The van der Waals surface area contributed by atoms with Crippen molar-refractivity contribution in [2.75, 3.05) is 32.8 Å². The number of hydrogen-bond acceptors (Lipinski definition) is 6. The zero-order chi connectivity index (χ0) is 20.9. The van der Waals surface area contributed by atoms with E-state index >= 15 is 0 Å². The molecular formula is C21H23ClN6O2. The summed E-state index contributed by atoms with van der Waals surface area (Å²) in [6, 6.07) is 15.1. The minimum Gasteiger partial charge on any atom is -0.484 e. The van der Waals surface area contributed by atoms with Crippen molar-refractivity contribution in [3.05, 3.63) is 64.9 Å². The second-order valence-corrected chi connectivity index (χ2v) is 7.68. The van der Waals surface area contributed by atoms with Gasteiger partial charge in [-0.15, -0.1) is 5.10 Å². The molecule has 0 unspecified atom stereocenters. The third-order valence-corrected chi connectivity index (χ3v) is 5.33. The van der Waals surface area contributed by atoms with E-state index < -0.39 is 0 Å². The first kappa shape index (κ1) is 20.3. The number of aryl methyl sites for hydroxylation is 1. The number of carbonyl (C=O) groups excluding carboxylic acids is 1. The van der Waals surface area contributed by atoms with Gasteiger partial charge >= 0.3 is 0 Å². The van der Waals surface area contributed by atoms with E-state index in [4.69, 9.17) is 16.3 Å².